The first-order valence-electron chi connectivity index (χ1n) is 8.84. The first kappa shape index (κ1) is 19.7. The second kappa shape index (κ2) is 9.77. The SMILES string of the molecule is Cn1c(N=Nc2ccc(NCCSSCCN)cc2)[n+](C)c2ccccc21. The normalized spacial score (nSPS) is 11.5. The molecule has 1 heterocycles. The molecule has 0 aliphatic rings. The third-order valence-corrected chi connectivity index (χ3v) is 6.57. The number of nitrogens with one attached hydrogen (secondary N) is 1. The van der Waals surface area contributed by atoms with E-state index < -0.39 is 0 Å². The number of para-hydroxylation sites is 2. The number of anilines is 1. The van der Waals surface area contributed by atoms with Gasteiger partial charge in [-0.15, -0.1) is 0 Å². The van der Waals surface area contributed by atoms with E-state index in [4.69, 9.17) is 5.73 Å². The number of nitrogens with two attached hydrogens (primary N) is 1. The average molecular weight is 402 g/mol. The molecular formula is C19H25N6S2+. The Balaban J connectivity index is 1.60. The largest absolute Gasteiger partial charge is 0.422 e. The third kappa shape index (κ3) is 5.03. The number of aromatic nitrogens is 2. The lowest BCUT2D eigenvalue weighted by atomic mass is 10.3. The van der Waals surface area contributed by atoms with Crippen molar-refractivity contribution in [2.45, 2.75) is 0 Å². The van der Waals surface area contributed by atoms with Gasteiger partial charge < -0.3 is 11.1 Å². The first-order chi connectivity index (χ1) is 13.2. The summed E-state index contributed by atoms with van der Waals surface area (Å²) < 4.78 is 4.10. The average Bonchev–Trinajstić information content (AvgIpc) is 2.94. The number of aryl methyl sites for hydroxylation is 2. The van der Waals surface area contributed by atoms with Crippen LogP contribution in [0.2, 0.25) is 0 Å². The van der Waals surface area contributed by atoms with Crippen molar-refractivity contribution in [1.29, 1.82) is 0 Å². The minimum atomic E-state index is 0.734. The highest BCUT2D eigenvalue weighted by molar-refractivity contribution is 8.76. The van der Waals surface area contributed by atoms with Crippen molar-refractivity contribution < 1.29 is 4.57 Å². The Labute approximate surface area is 167 Å². The highest BCUT2D eigenvalue weighted by Crippen LogP contribution is 2.22. The van der Waals surface area contributed by atoms with E-state index in [2.05, 4.69) is 36.8 Å². The van der Waals surface area contributed by atoms with Crippen molar-refractivity contribution in [3.05, 3.63) is 48.5 Å². The molecule has 3 N–H and O–H groups in total. The molecule has 0 atom stereocenters. The van der Waals surface area contributed by atoms with Gasteiger partial charge >= 0.3 is 5.95 Å². The number of imidazole rings is 1. The lowest BCUT2D eigenvalue weighted by Gasteiger charge is -2.05. The molecule has 0 bridgehead atoms. The molecule has 1 aromatic heterocycles. The smallest absolute Gasteiger partial charge is 0.384 e. The van der Waals surface area contributed by atoms with Crippen molar-refractivity contribution in [1.82, 2.24) is 4.57 Å². The Morgan fingerprint density at radius 3 is 2.52 bits per heavy atom. The molecule has 2 aromatic carbocycles. The second-order valence-electron chi connectivity index (χ2n) is 6.01. The fourth-order valence-electron chi connectivity index (χ4n) is 2.76. The highest BCUT2D eigenvalue weighted by Gasteiger charge is 2.18. The topological polar surface area (TPSA) is 71.6 Å². The molecule has 0 unspecified atom stereocenters. The predicted molar refractivity (Wildman–Crippen MR) is 117 cm³/mol. The molecule has 0 saturated heterocycles. The van der Waals surface area contributed by atoms with Crippen molar-refractivity contribution in [2.24, 2.45) is 30.1 Å². The number of benzene rings is 2. The molecule has 0 radical (unpaired) electrons. The molecule has 142 valence electrons. The van der Waals surface area contributed by atoms with E-state index in [1.165, 1.54) is 0 Å². The number of nitrogens with zero attached hydrogens (tertiary/aromatic N) is 4. The summed E-state index contributed by atoms with van der Waals surface area (Å²) in [5.41, 5.74) is 9.67. The van der Waals surface area contributed by atoms with Gasteiger partial charge in [-0.2, -0.15) is 0 Å². The molecule has 0 fully saturated rings. The van der Waals surface area contributed by atoms with E-state index in [0.717, 1.165) is 53.0 Å². The monoisotopic (exact) mass is 401 g/mol. The van der Waals surface area contributed by atoms with E-state index in [1.54, 1.807) is 0 Å². The summed E-state index contributed by atoms with van der Waals surface area (Å²) in [5, 5.41) is 12.3. The maximum atomic E-state index is 5.48. The maximum Gasteiger partial charge on any atom is 0.422 e. The van der Waals surface area contributed by atoms with Crippen LogP contribution in [0.3, 0.4) is 0 Å². The van der Waals surface area contributed by atoms with Gasteiger partial charge in [-0.05, 0) is 36.4 Å². The number of fused-ring (bicyclic) bond motifs is 1. The zero-order chi connectivity index (χ0) is 19.1. The van der Waals surface area contributed by atoms with Crippen LogP contribution in [-0.4, -0.2) is 29.2 Å². The Kier molecular flexibility index (Phi) is 7.14. The Bertz CT molecular complexity index is 865. The molecular weight excluding hydrogens is 376 g/mol. The van der Waals surface area contributed by atoms with Crippen molar-refractivity contribution >= 4 is 49.9 Å². The van der Waals surface area contributed by atoms with Gasteiger partial charge in [0.1, 0.15) is 16.7 Å². The van der Waals surface area contributed by atoms with Crippen LogP contribution in [0.25, 0.3) is 11.0 Å². The van der Waals surface area contributed by atoms with Crippen LogP contribution in [0.4, 0.5) is 17.3 Å². The summed E-state index contributed by atoms with van der Waals surface area (Å²) in [5.74, 6) is 2.85. The third-order valence-electron chi connectivity index (χ3n) is 4.13. The molecule has 6 nitrogen and oxygen atoms in total. The zero-order valence-electron chi connectivity index (χ0n) is 15.6. The molecule has 27 heavy (non-hydrogen) atoms. The van der Waals surface area contributed by atoms with Crippen LogP contribution in [-0.2, 0) is 14.1 Å². The number of hydrogen-bond donors (Lipinski definition) is 2. The van der Waals surface area contributed by atoms with E-state index in [9.17, 15) is 0 Å². The summed E-state index contributed by atoms with van der Waals surface area (Å²) in [4.78, 5) is 0. The molecule has 8 heteroatoms. The van der Waals surface area contributed by atoms with Gasteiger partial charge in [-0.25, -0.2) is 9.13 Å². The fourth-order valence-corrected chi connectivity index (χ4v) is 4.52. The summed E-state index contributed by atoms with van der Waals surface area (Å²) in [6.45, 7) is 1.66. The van der Waals surface area contributed by atoms with Crippen LogP contribution in [0, 0.1) is 0 Å². The van der Waals surface area contributed by atoms with Crippen LogP contribution in [0.15, 0.2) is 58.8 Å². The van der Waals surface area contributed by atoms with E-state index in [-0.39, 0.29) is 0 Å². The summed E-state index contributed by atoms with van der Waals surface area (Å²) in [6.07, 6.45) is 0. The van der Waals surface area contributed by atoms with Gasteiger partial charge in [-0.3, -0.25) is 0 Å². The zero-order valence-corrected chi connectivity index (χ0v) is 17.3. The molecule has 0 spiro atoms. The minimum absolute atomic E-state index is 0.734. The molecule has 3 aromatic rings. The fraction of sp³-hybridized carbons (Fsp3) is 0.316. The van der Waals surface area contributed by atoms with Crippen LogP contribution in [0.1, 0.15) is 0 Å². The van der Waals surface area contributed by atoms with Crippen LogP contribution >= 0.6 is 21.6 Å². The predicted octanol–water partition coefficient (Wildman–Crippen LogP) is 4.17. The van der Waals surface area contributed by atoms with E-state index in [0.29, 0.717) is 0 Å². The number of rotatable bonds is 9. The highest BCUT2D eigenvalue weighted by atomic mass is 33.1. The van der Waals surface area contributed by atoms with Gasteiger partial charge in [0, 0.05) is 35.4 Å². The lowest BCUT2D eigenvalue weighted by molar-refractivity contribution is -0.632. The van der Waals surface area contributed by atoms with E-state index in [1.807, 2.05) is 72.1 Å². The lowest BCUT2D eigenvalue weighted by Crippen LogP contribution is -2.26. The van der Waals surface area contributed by atoms with Crippen molar-refractivity contribution in [3.8, 4) is 0 Å². The molecule has 0 aliphatic carbocycles. The minimum Gasteiger partial charge on any atom is -0.384 e. The summed E-state index contributed by atoms with van der Waals surface area (Å²) in [7, 11) is 7.68. The molecule has 0 amide bonds. The number of azo groups is 1. The maximum absolute atomic E-state index is 5.48. The van der Waals surface area contributed by atoms with Gasteiger partial charge in [0.2, 0.25) is 0 Å². The molecule has 3 rings (SSSR count). The van der Waals surface area contributed by atoms with Gasteiger partial charge in [0.05, 0.1) is 14.1 Å². The quantitative estimate of drug-likeness (QED) is 0.244. The van der Waals surface area contributed by atoms with Gasteiger partial charge in [-0.1, -0.05) is 38.8 Å². The Hall–Kier alpha value is -2.03. The Morgan fingerprint density at radius 2 is 1.78 bits per heavy atom. The van der Waals surface area contributed by atoms with Crippen LogP contribution < -0.4 is 15.6 Å². The summed E-state index contributed by atoms with van der Waals surface area (Å²) >= 11 is 0. The van der Waals surface area contributed by atoms with Gasteiger partial charge in [0.15, 0.2) is 0 Å². The number of hydrogen-bond acceptors (Lipinski definition) is 6. The van der Waals surface area contributed by atoms with Crippen molar-refractivity contribution in [3.63, 3.8) is 0 Å². The van der Waals surface area contributed by atoms with Crippen molar-refractivity contribution in [2.75, 3.05) is 29.9 Å². The van der Waals surface area contributed by atoms with Gasteiger partial charge in [0.25, 0.3) is 0 Å². The van der Waals surface area contributed by atoms with E-state index >= 15 is 0 Å². The Morgan fingerprint density at radius 1 is 1.04 bits per heavy atom. The molecule has 0 saturated carbocycles. The standard InChI is InChI=1S/C19H24N6S2/c1-24-17-5-3-4-6-18(17)25(2)19(24)23-22-16-9-7-15(8-10-16)21-12-14-27-26-13-11-20/h3-10H,11-14,20H2,1-2H3/p+1. The molecule has 0 aliphatic heterocycles. The van der Waals surface area contributed by atoms with Crippen LogP contribution in [0.5, 0.6) is 0 Å². The second-order valence-corrected chi connectivity index (χ2v) is 8.72. The summed E-state index contributed by atoms with van der Waals surface area (Å²) in [6, 6.07) is 16.3. The first-order valence-corrected chi connectivity index (χ1v) is 11.3.